The van der Waals surface area contributed by atoms with Gasteiger partial charge in [0.2, 0.25) is 5.95 Å². The van der Waals surface area contributed by atoms with E-state index >= 15 is 0 Å². The predicted octanol–water partition coefficient (Wildman–Crippen LogP) is 2.11. The number of hydrazine groups is 1. The summed E-state index contributed by atoms with van der Waals surface area (Å²) in [6.07, 6.45) is 1.47. The lowest BCUT2D eigenvalue weighted by atomic mass is 10.3. The highest BCUT2D eigenvalue weighted by Crippen LogP contribution is 2.28. The maximum atomic E-state index is 12.3. The molecule has 0 fully saturated rings. The number of nitrogens with one attached hydrogen (secondary N) is 2. The Morgan fingerprint density at radius 2 is 2.00 bits per heavy atom. The first kappa shape index (κ1) is 13.0. The molecule has 1 aromatic heterocycles. The van der Waals surface area contributed by atoms with Crippen LogP contribution in [0.15, 0.2) is 36.5 Å². The van der Waals surface area contributed by atoms with Gasteiger partial charge in [-0.25, -0.2) is 10.8 Å². The molecule has 4 N–H and O–H groups in total. The molecular weight excluding hydrogens is 256 g/mol. The molecular formula is C11H11F2N5O. The van der Waals surface area contributed by atoms with Gasteiger partial charge >= 0.3 is 6.61 Å². The number of anilines is 3. The number of nitrogens with two attached hydrogens (primary N) is 1. The first-order valence-electron chi connectivity index (χ1n) is 5.29. The molecule has 0 aliphatic carbocycles. The van der Waals surface area contributed by atoms with Crippen molar-refractivity contribution in [3.8, 4) is 5.75 Å². The number of alkyl halides is 2. The lowest BCUT2D eigenvalue weighted by Gasteiger charge is -2.12. The second kappa shape index (κ2) is 5.91. The zero-order valence-electron chi connectivity index (χ0n) is 9.68. The van der Waals surface area contributed by atoms with E-state index in [1.807, 2.05) is 0 Å². The molecule has 0 aliphatic heterocycles. The van der Waals surface area contributed by atoms with Crippen molar-refractivity contribution in [3.05, 3.63) is 36.5 Å². The number of aromatic nitrogens is 2. The van der Waals surface area contributed by atoms with Crippen LogP contribution in [0.1, 0.15) is 0 Å². The first-order chi connectivity index (χ1) is 9.19. The van der Waals surface area contributed by atoms with Crippen molar-refractivity contribution in [2.45, 2.75) is 6.61 Å². The molecule has 8 heteroatoms. The van der Waals surface area contributed by atoms with E-state index in [1.165, 1.54) is 12.3 Å². The van der Waals surface area contributed by atoms with Crippen LogP contribution < -0.4 is 21.3 Å². The molecule has 100 valence electrons. The van der Waals surface area contributed by atoms with Gasteiger partial charge in [0.25, 0.3) is 0 Å². The minimum absolute atomic E-state index is 0.0263. The molecule has 0 unspecified atom stereocenters. The zero-order valence-corrected chi connectivity index (χ0v) is 9.68. The lowest BCUT2D eigenvalue weighted by Crippen LogP contribution is -2.11. The topological polar surface area (TPSA) is 85.1 Å². The molecule has 1 heterocycles. The van der Waals surface area contributed by atoms with Crippen molar-refractivity contribution >= 4 is 17.5 Å². The maximum Gasteiger partial charge on any atom is 0.387 e. The Kier molecular flexibility index (Phi) is 4.04. The third kappa shape index (κ3) is 3.49. The third-order valence-corrected chi connectivity index (χ3v) is 2.15. The summed E-state index contributed by atoms with van der Waals surface area (Å²) in [6, 6.07) is 7.87. The van der Waals surface area contributed by atoms with Gasteiger partial charge < -0.3 is 10.1 Å². The highest BCUT2D eigenvalue weighted by Gasteiger charge is 2.09. The molecule has 2 aromatic rings. The predicted molar refractivity (Wildman–Crippen MR) is 66.2 cm³/mol. The Balaban J connectivity index is 2.22. The Labute approximate surface area is 107 Å². The quantitative estimate of drug-likeness (QED) is 0.568. The normalized spacial score (nSPS) is 10.3. The molecule has 0 saturated heterocycles. The van der Waals surface area contributed by atoms with Crippen LogP contribution in [0.2, 0.25) is 0 Å². The number of hydrogen-bond acceptors (Lipinski definition) is 6. The largest absolute Gasteiger partial charge is 0.433 e. The Hall–Kier alpha value is -2.48. The first-order valence-corrected chi connectivity index (χ1v) is 5.29. The van der Waals surface area contributed by atoms with Crippen molar-refractivity contribution in [1.82, 2.24) is 9.97 Å². The Bertz CT molecular complexity index is 552. The van der Waals surface area contributed by atoms with Crippen LogP contribution in [-0.2, 0) is 0 Å². The SMILES string of the molecule is NNc1nccc(Nc2ccccc2OC(F)F)n1. The number of hydrogen-bond donors (Lipinski definition) is 3. The highest BCUT2D eigenvalue weighted by molar-refractivity contribution is 5.64. The van der Waals surface area contributed by atoms with Gasteiger partial charge in [-0.15, -0.1) is 0 Å². The van der Waals surface area contributed by atoms with Gasteiger partial charge in [0.1, 0.15) is 11.6 Å². The van der Waals surface area contributed by atoms with Crippen LogP contribution in [-0.4, -0.2) is 16.6 Å². The van der Waals surface area contributed by atoms with Gasteiger partial charge in [-0.2, -0.15) is 13.8 Å². The van der Waals surface area contributed by atoms with E-state index in [-0.39, 0.29) is 11.7 Å². The smallest absolute Gasteiger partial charge is 0.387 e. The average Bonchev–Trinajstić information content (AvgIpc) is 2.41. The molecule has 0 aliphatic rings. The number of nitrogen functional groups attached to an aromatic ring is 1. The average molecular weight is 267 g/mol. The van der Waals surface area contributed by atoms with Gasteiger partial charge in [-0.05, 0) is 18.2 Å². The van der Waals surface area contributed by atoms with E-state index in [2.05, 4.69) is 25.4 Å². The second-order valence-corrected chi connectivity index (χ2v) is 3.41. The fourth-order valence-electron chi connectivity index (χ4n) is 1.40. The summed E-state index contributed by atoms with van der Waals surface area (Å²) in [5.41, 5.74) is 2.65. The van der Waals surface area contributed by atoms with Crippen molar-refractivity contribution < 1.29 is 13.5 Å². The number of benzene rings is 1. The summed E-state index contributed by atoms with van der Waals surface area (Å²) in [7, 11) is 0. The number of nitrogens with zero attached hydrogens (tertiary/aromatic N) is 2. The number of halogens is 2. The highest BCUT2D eigenvalue weighted by atomic mass is 19.3. The number of para-hydroxylation sites is 2. The zero-order chi connectivity index (χ0) is 13.7. The van der Waals surface area contributed by atoms with Crippen LogP contribution in [0.4, 0.5) is 26.2 Å². The van der Waals surface area contributed by atoms with Gasteiger partial charge in [0.05, 0.1) is 5.69 Å². The van der Waals surface area contributed by atoms with Crippen LogP contribution >= 0.6 is 0 Å². The van der Waals surface area contributed by atoms with Crippen LogP contribution in [0.3, 0.4) is 0 Å². The van der Waals surface area contributed by atoms with E-state index in [4.69, 9.17) is 5.84 Å². The van der Waals surface area contributed by atoms with Gasteiger partial charge in [0, 0.05) is 6.20 Å². The van der Waals surface area contributed by atoms with E-state index in [0.717, 1.165) is 0 Å². The third-order valence-electron chi connectivity index (χ3n) is 2.15. The Morgan fingerprint density at radius 1 is 1.21 bits per heavy atom. The summed E-state index contributed by atoms with van der Waals surface area (Å²) in [5, 5.41) is 2.85. The fourth-order valence-corrected chi connectivity index (χ4v) is 1.40. The van der Waals surface area contributed by atoms with Crippen LogP contribution in [0.25, 0.3) is 0 Å². The summed E-state index contributed by atoms with van der Waals surface area (Å²) in [4.78, 5) is 7.84. The minimum atomic E-state index is -2.89. The van der Waals surface area contributed by atoms with Crippen LogP contribution in [0, 0.1) is 0 Å². The molecule has 6 nitrogen and oxygen atoms in total. The summed E-state index contributed by atoms with van der Waals surface area (Å²) in [5.74, 6) is 5.81. The van der Waals surface area contributed by atoms with E-state index in [9.17, 15) is 8.78 Å². The molecule has 0 saturated carbocycles. The van der Waals surface area contributed by atoms with Gasteiger partial charge in [0.15, 0.2) is 0 Å². The summed E-state index contributed by atoms with van der Waals surface area (Å²) < 4.78 is 28.9. The fraction of sp³-hybridized carbons (Fsp3) is 0.0909. The monoisotopic (exact) mass is 267 g/mol. The molecule has 0 spiro atoms. The standard InChI is InChI=1S/C11H11F2N5O/c12-10(13)19-8-4-2-1-3-7(8)16-9-5-6-15-11(17-9)18-14/h1-6,10H,14H2,(H2,15,16,17,18). The molecule has 2 rings (SSSR count). The number of rotatable bonds is 5. The molecule has 0 atom stereocenters. The molecule has 1 aromatic carbocycles. The molecule has 0 amide bonds. The maximum absolute atomic E-state index is 12.3. The summed E-state index contributed by atoms with van der Waals surface area (Å²) >= 11 is 0. The van der Waals surface area contributed by atoms with Crippen molar-refractivity contribution in [2.24, 2.45) is 5.84 Å². The van der Waals surface area contributed by atoms with E-state index in [0.29, 0.717) is 11.5 Å². The van der Waals surface area contributed by atoms with Gasteiger partial charge in [-0.1, -0.05) is 12.1 Å². The van der Waals surface area contributed by atoms with E-state index < -0.39 is 6.61 Å². The van der Waals surface area contributed by atoms with Crippen molar-refractivity contribution in [2.75, 3.05) is 10.7 Å². The molecule has 19 heavy (non-hydrogen) atoms. The molecule has 0 radical (unpaired) electrons. The van der Waals surface area contributed by atoms with Gasteiger partial charge in [-0.3, -0.25) is 5.43 Å². The Morgan fingerprint density at radius 3 is 2.74 bits per heavy atom. The molecule has 0 bridgehead atoms. The summed E-state index contributed by atoms with van der Waals surface area (Å²) in [6.45, 7) is -2.89. The van der Waals surface area contributed by atoms with Crippen LogP contribution in [0.5, 0.6) is 5.75 Å². The van der Waals surface area contributed by atoms with Crippen molar-refractivity contribution in [1.29, 1.82) is 0 Å². The second-order valence-electron chi connectivity index (χ2n) is 3.41. The van der Waals surface area contributed by atoms with E-state index in [1.54, 1.807) is 24.3 Å². The van der Waals surface area contributed by atoms with Crippen molar-refractivity contribution in [3.63, 3.8) is 0 Å². The number of ether oxygens (including phenoxy) is 1. The minimum Gasteiger partial charge on any atom is -0.433 e. The lowest BCUT2D eigenvalue weighted by molar-refractivity contribution is -0.0493.